The van der Waals surface area contributed by atoms with E-state index in [1.807, 2.05) is 29.2 Å². The van der Waals surface area contributed by atoms with Gasteiger partial charge in [-0.25, -0.2) is 0 Å². The normalized spacial score (nSPS) is 12.6. The lowest BCUT2D eigenvalue weighted by atomic mass is 10.1. The minimum absolute atomic E-state index is 0.0798. The minimum Gasteiger partial charge on any atom is -0.305 e. The predicted octanol–water partition coefficient (Wildman–Crippen LogP) is 3.54. The molecule has 0 spiro atoms. The number of aromatic nitrogens is 3. The SMILES string of the molecule is CCCNC(c1cnn(CCC)c1)c1ncccc1Br. The average Bonchev–Trinajstić information content (AvgIpc) is 2.90. The minimum atomic E-state index is 0.0798. The Kier molecular flexibility index (Phi) is 5.73. The highest BCUT2D eigenvalue weighted by Crippen LogP contribution is 2.26. The number of nitrogens with zero attached hydrogens (tertiary/aromatic N) is 3. The fraction of sp³-hybridized carbons (Fsp3) is 0.467. The van der Waals surface area contributed by atoms with E-state index >= 15 is 0 Å². The molecule has 0 amide bonds. The summed E-state index contributed by atoms with van der Waals surface area (Å²) in [6.45, 7) is 6.22. The first kappa shape index (κ1) is 15.2. The van der Waals surface area contributed by atoms with E-state index in [2.05, 4.69) is 51.4 Å². The maximum absolute atomic E-state index is 4.52. The van der Waals surface area contributed by atoms with Crippen LogP contribution in [0.15, 0.2) is 35.2 Å². The van der Waals surface area contributed by atoms with Crippen LogP contribution < -0.4 is 5.32 Å². The van der Waals surface area contributed by atoms with E-state index in [1.54, 1.807) is 0 Å². The van der Waals surface area contributed by atoms with Gasteiger partial charge in [0.25, 0.3) is 0 Å². The molecule has 1 N–H and O–H groups in total. The summed E-state index contributed by atoms with van der Waals surface area (Å²) >= 11 is 3.59. The molecule has 20 heavy (non-hydrogen) atoms. The molecule has 0 aliphatic heterocycles. The number of hydrogen-bond donors (Lipinski definition) is 1. The molecule has 0 radical (unpaired) electrons. The van der Waals surface area contributed by atoms with Gasteiger partial charge in [0, 0.05) is 29.0 Å². The molecule has 0 bridgehead atoms. The van der Waals surface area contributed by atoms with Gasteiger partial charge in [-0.2, -0.15) is 5.10 Å². The van der Waals surface area contributed by atoms with Crippen LogP contribution in [-0.4, -0.2) is 21.3 Å². The molecule has 108 valence electrons. The van der Waals surface area contributed by atoms with Crippen molar-refractivity contribution >= 4 is 15.9 Å². The summed E-state index contributed by atoms with van der Waals surface area (Å²) in [4.78, 5) is 4.52. The first-order valence-corrected chi connectivity index (χ1v) is 7.91. The number of aryl methyl sites for hydroxylation is 1. The Hall–Kier alpha value is -1.20. The molecular formula is C15H21BrN4. The van der Waals surface area contributed by atoms with Gasteiger partial charge in [-0.3, -0.25) is 9.67 Å². The number of pyridine rings is 1. The van der Waals surface area contributed by atoms with Gasteiger partial charge in [0.05, 0.1) is 17.9 Å². The quantitative estimate of drug-likeness (QED) is 0.840. The number of hydrogen-bond acceptors (Lipinski definition) is 3. The fourth-order valence-electron chi connectivity index (χ4n) is 2.15. The summed E-state index contributed by atoms with van der Waals surface area (Å²) in [5.41, 5.74) is 2.17. The second-order valence-electron chi connectivity index (χ2n) is 4.79. The Morgan fingerprint density at radius 3 is 2.90 bits per heavy atom. The van der Waals surface area contributed by atoms with E-state index in [0.717, 1.165) is 41.7 Å². The first-order valence-electron chi connectivity index (χ1n) is 7.12. The van der Waals surface area contributed by atoms with Crippen molar-refractivity contribution in [3.05, 3.63) is 46.5 Å². The lowest BCUT2D eigenvalue weighted by Crippen LogP contribution is -2.24. The predicted molar refractivity (Wildman–Crippen MR) is 84.6 cm³/mol. The molecule has 0 aliphatic rings. The van der Waals surface area contributed by atoms with Crippen molar-refractivity contribution in [3.8, 4) is 0 Å². The lowest BCUT2D eigenvalue weighted by Gasteiger charge is -2.17. The summed E-state index contributed by atoms with van der Waals surface area (Å²) in [5, 5.41) is 7.98. The monoisotopic (exact) mass is 336 g/mol. The van der Waals surface area contributed by atoms with Crippen LogP contribution in [0.5, 0.6) is 0 Å². The van der Waals surface area contributed by atoms with Gasteiger partial charge in [-0.1, -0.05) is 13.8 Å². The molecule has 0 aliphatic carbocycles. The highest BCUT2D eigenvalue weighted by Gasteiger charge is 2.18. The van der Waals surface area contributed by atoms with Crippen molar-refractivity contribution in [2.75, 3.05) is 6.54 Å². The van der Waals surface area contributed by atoms with Crippen LogP contribution in [0.4, 0.5) is 0 Å². The van der Waals surface area contributed by atoms with Gasteiger partial charge in [0.15, 0.2) is 0 Å². The molecule has 2 aromatic rings. The van der Waals surface area contributed by atoms with E-state index in [1.165, 1.54) is 0 Å². The molecule has 5 heteroatoms. The molecule has 1 unspecified atom stereocenters. The Bertz CT molecular complexity index is 538. The van der Waals surface area contributed by atoms with Crippen LogP contribution in [-0.2, 0) is 6.54 Å². The van der Waals surface area contributed by atoms with Crippen molar-refractivity contribution < 1.29 is 0 Å². The largest absolute Gasteiger partial charge is 0.305 e. The first-order chi connectivity index (χ1) is 9.76. The van der Waals surface area contributed by atoms with Gasteiger partial charge in [0.1, 0.15) is 0 Å². The average molecular weight is 337 g/mol. The second-order valence-corrected chi connectivity index (χ2v) is 5.65. The fourth-order valence-corrected chi connectivity index (χ4v) is 2.64. The highest BCUT2D eigenvalue weighted by atomic mass is 79.9. The van der Waals surface area contributed by atoms with Gasteiger partial charge in [-0.05, 0) is 47.4 Å². The molecule has 2 rings (SSSR count). The van der Waals surface area contributed by atoms with E-state index in [0.29, 0.717) is 0 Å². The zero-order valence-corrected chi connectivity index (χ0v) is 13.6. The third-order valence-corrected chi connectivity index (χ3v) is 3.77. The van der Waals surface area contributed by atoms with Crippen LogP contribution >= 0.6 is 15.9 Å². The smallest absolute Gasteiger partial charge is 0.0793 e. The van der Waals surface area contributed by atoms with Gasteiger partial charge in [0.2, 0.25) is 0 Å². The van der Waals surface area contributed by atoms with Crippen molar-refractivity contribution in [1.82, 2.24) is 20.1 Å². The van der Waals surface area contributed by atoms with Crippen LogP contribution in [0.25, 0.3) is 0 Å². The molecule has 0 fully saturated rings. The molecule has 2 aromatic heterocycles. The molecule has 0 saturated carbocycles. The van der Waals surface area contributed by atoms with Crippen LogP contribution in [0.2, 0.25) is 0 Å². The summed E-state index contributed by atoms with van der Waals surface area (Å²) in [6.07, 6.45) is 8.05. The maximum Gasteiger partial charge on any atom is 0.0793 e. The third kappa shape index (κ3) is 3.67. The highest BCUT2D eigenvalue weighted by molar-refractivity contribution is 9.10. The van der Waals surface area contributed by atoms with Crippen molar-refractivity contribution in [2.45, 2.75) is 39.3 Å². The van der Waals surface area contributed by atoms with Crippen LogP contribution in [0.1, 0.15) is 44.0 Å². The van der Waals surface area contributed by atoms with E-state index in [-0.39, 0.29) is 6.04 Å². The zero-order valence-electron chi connectivity index (χ0n) is 12.0. The Balaban J connectivity index is 2.29. The van der Waals surface area contributed by atoms with Crippen molar-refractivity contribution in [1.29, 1.82) is 0 Å². The lowest BCUT2D eigenvalue weighted by molar-refractivity contribution is 0.578. The summed E-state index contributed by atoms with van der Waals surface area (Å²) < 4.78 is 3.02. The standard InChI is InChI=1S/C15H21BrN4/c1-3-7-17-14(15-13(16)6-5-8-18-15)12-10-19-20(11-12)9-4-2/h5-6,8,10-11,14,17H,3-4,7,9H2,1-2H3. The third-order valence-electron chi connectivity index (χ3n) is 3.10. The Labute approximate surface area is 128 Å². The van der Waals surface area contributed by atoms with E-state index in [9.17, 15) is 0 Å². The topological polar surface area (TPSA) is 42.7 Å². The summed E-state index contributed by atoms with van der Waals surface area (Å²) in [6, 6.07) is 4.04. The summed E-state index contributed by atoms with van der Waals surface area (Å²) in [7, 11) is 0. The van der Waals surface area contributed by atoms with Crippen molar-refractivity contribution in [2.24, 2.45) is 0 Å². The maximum atomic E-state index is 4.52. The molecule has 0 saturated heterocycles. The van der Waals surface area contributed by atoms with Crippen LogP contribution in [0, 0.1) is 0 Å². The molecule has 1 atom stereocenters. The van der Waals surface area contributed by atoms with Gasteiger partial charge < -0.3 is 5.32 Å². The molecule has 4 nitrogen and oxygen atoms in total. The van der Waals surface area contributed by atoms with E-state index in [4.69, 9.17) is 0 Å². The zero-order chi connectivity index (χ0) is 14.4. The number of rotatable bonds is 7. The van der Waals surface area contributed by atoms with Gasteiger partial charge in [-0.15, -0.1) is 0 Å². The second kappa shape index (κ2) is 7.55. The number of halogens is 1. The molecular weight excluding hydrogens is 316 g/mol. The summed E-state index contributed by atoms with van der Waals surface area (Å²) in [5.74, 6) is 0. The Morgan fingerprint density at radius 1 is 1.35 bits per heavy atom. The Morgan fingerprint density at radius 2 is 2.20 bits per heavy atom. The van der Waals surface area contributed by atoms with Crippen molar-refractivity contribution in [3.63, 3.8) is 0 Å². The van der Waals surface area contributed by atoms with E-state index < -0.39 is 0 Å². The van der Waals surface area contributed by atoms with Crippen LogP contribution in [0.3, 0.4) is 0 Å². The molecule has 0 aromatic carbocycles. The number of nitrogens with one attached hydrogen (secondary N) is 1. The van der Waals surface area contributed by atoms with Gasteiger partial charge >= 0.3 is 0 Å². The molecule has 2 heterocycles.